The van der Waals surface area contributed by atoms with Crippen molar-refractivity contribution in [1.82, 2.24) is 9.97 Å². The summed E-state index contributed by atoms with van der Waals surface area (Å²) in [5.74, 6) is 0.663. The molecule has 2 heterocycles. The second-order valence-corrected chi connectivity index (χ2v) is 15.3. The SMILES string of the molecule is c1ccc(-c2ccc(N(c3ccc(-c4ccccc4)cc3)c3cc(-c4c(-c5ccccc5)nc(-c5ccccc5)nc4-c4ccccc4)cc4oc5ccccc5c34)cc2)cc1. The van der Waals surface area contributed by atoms with Crippen LogP contribution < -0.4 is 4.90 Å². The number of fused-ring (bicyclic) bond motifs is 3. The lowest BCUT2D eigenvalue weighted by atomic mass is 9.92. The van der Waals surface area contributed by atoms with Crippen molar-refractivity contribution >= 4 is 39.0 Å². The molecule has 0 spiro atoms. The van der Waals surface area contributed by atoms with Crippen LogP contribution in [-0.2, 0) is 0 Å². The summed E-state index contributed by atoms with van der Waals surface area (Å²) in [6, 6.07) is 82.7. The summed E-state index contributed by atoms with van der Waals surface area (Å²) >= 11 is 0. The molecule has 2 aromatic heterocycles. The van der Waals surface area contributed by atoms with E-state index in [1.807, 2.05) is 36.4 Å². The van der Waals surface area contributed by atoms with Crippen LogP contribution in [0, 0.1) is 0 Å². The second kappa shape index (κ2) is 16.0. The zero-order valence-electron chi connectivity index (χ0n) is 33.8. The number of hydrogen-bond acceptors (Lipinski definition) is 4. The Balaban J connectivity index is 1.21. The molecular weight excluding hydrogens is 755 g/mol. The van der Waals surface area contributed by atoms with Crippen LogP contribution in [-0.4, -0.2) is 9.97 Å². The Kier molecular flexibility index (Phi) is 9.49. The minimum absolute atomic E-state index is 0.663. The molecule has 0 atom stereocenters. The van der Waals surface area contributed by atoms with E-state index >= 15 is 0 Å². The monoisotopic (exact) mass is 793 g/mol. The van der Waals surface area contributed by atoms with Gasteiger partial charge in [0.15, 0.2) is 5.82 Å². The van der Waals surface area contributed by atoms with Crippen molar-refractivity contribution < 1.29 is 4.42 Å². The molecule has 11 rings (SSSR count). The smallest absolute Gasteiger partial charge is 0.160 e. The van der Waals surface area contributed by atoms with Crippen LogP contribution in [0.4, 0.5) is 17.1 Å². The Morgan fingerprint density at radius 3 is 1.21 bits per heavy atom. The third-order valence-electron chi connectivity index (χ3n) is 11.5. The van der Waals surface area contributed by atoms with Gasteiger partial charge in [0.25, 0.3) is 0 Å². The maximum Gasteiger partial charge on any atom is 0.160 e. The van der Waals surface area contributed by atoms with Gasteiger partial charge in [-0.15, -0.1) is 0 Å². The summed E-state index contributed by atoms with van der Waals surface area (Å²) in [6.45, 7) is 0. The van der Waals surface area contributed by atoms with Gasteiger partial charge in [-0.05, 0) is 70.3 Å². The first kappa shape index (κ1) is 36.7. The zero-order chi connectivity index (χ0) is 41.2. The number of para-hydroxylation sites is 1. The van der Waals surface area contributed by atoms with E-state index in [2.05, 4.69) is 205 Å². The molecule has 0 fully saturated rings. The predicted octanol–water partition coefficient (Wildman–Crippen LogP) is 15.8. The molecule has 0 aliphatic heterocycles. The largest absolute Gasteiger partial charge is 0.456 e. The lowest BCUT2D eigenvalue weighted by molar-refractivity contribution is 0.669. The Morgan fingerprint density at radius 2 is 0.726 bits per heavy atom. The van der Waals surface area contributed by atoms with E-state index in [1.54, 1.807) is 0 Å². The van der Waals surface area contributed by atoms with Crippen LogP contribution in [0.5, 0.6) is 0 Å². The second-order valence-electron chi connectivity index (χ2n) is 15.3. The van der Waals surface area contributed by atoms with Crippen LogP contribution in [0.2, 0.25) is 0 Å². The van der Waals surface area contributed by atoms with Gasteiger partial charge in [-0.1, -0.05) is 194 Å². The van der Waals surface area contributed by atoms with Crippen molar-refractivity contribution in [3.8, 4) is 67.3 Å². The molecule has 4 heteroatoms. The molecule has 9 aromatic carbocycles. The minimum Gasteiger partial charge on any atom is -0.456 e. The number of rotatable bonds is 9. The number of benzene rings is 9. The van der Waals surface area contributed by atoms with Gasteiger partial charge in [-0.2, -0.15) is 0 Å². The highest BCUT2D eigenvalue weighted by molar-refractivity contribution is 6.15. The van der Waals surface area contributed by atoms with Crippen LogP contribution in [0.3, 0.4) is 0 Å². The van der Waals surface area contributed by atoms with Gasteiger partial charge in [-0.25, -0.2) is 9.97 Å². The summed E-state index contributed by atoms with van der Waals surface area (Å²) in [5.41, 5.74) is 15.7. The van der Waals surface area contributed by atoms with Crippen molar-refractivity contribution in [2.24, 2.45) is 0 Å². The van der Waals surface area contributed by atoms with Gasteiger partial charge in [0.1, 0.15) is 11.2 Å². The van der Waals surface area contributed by atoms with Gasteiger partial charge in [0.05, 0.1) is 22.5 Å². The highest BCUT2D eigenvalue weighted by Gasteiger charge is 2.26. The first-order chi connectivity index (χ1) is 30.7. The fourth-order valence-corrected chi connectivity index (χ4v) is 8.51. The highest BCUT2D eigenvalue weighted by Crippen LogP contribution is 2.48. The molecule has 0 bridgehead atoms. The zero-order valence-corrected chi connectivity index (χ0v) is 33.8. The third kappa shape index (κ3) is 6.90. The summed E-state index contributed by atoms with van der Waals surface area (Å²) in [5, 5.41) is 2.06. The van der Waals surface area contributed by atoms with Gasteiger partial charge in [0, 0.05) is 39.0 Å². The summed E-state index contributed by atoms with van der Waals surface area (Å²) < 4.78 is 6.85. The number of nitrogens with zero attached hydrogens (tertiary/aromatic N) is 3. The normalized spacial score (nSPS) is 11.2. The Labute approximate surface area is 360 Å². The van der Waals surface area contributed by atoms with Crippen LogP contribution in [0.25, 0.3) is 89.2 Å². The summed E-state index contributed by atoms with van der Waals surface area (Å²) in [6.07, 6.45) is 0. The third-order valence-corrected chi connectivity index (χ3v) is 11.5. The minimum atomic E-state index is 0.663. The molecule has 0 aliphatic rings. The molecule has 0 aliphatic carbocycles. The number of hydrogen-bond donors (Lipinski definition) is 0. The first-order valence-electron chi connectivity index (χ1n) is 20.9. The molecule has 0 saturated carbocycles. The first-order valence-corrected chi connectivity index (χ1v) is 20.9. The topological polar surface area (TPSA) is 42.2 Å². The number of anilines is 3. The van der Waals surface area contributed by atoms with Gasteiger partial charge in [-0.3, -0.25) is 0 Å². The van der Waals surface area contributed by atoms with Gasteiger partial charge >= 0.3 is 0 Å². The van der Waals surface area contributed by atoms with Crippen molar-refractivity contribution in [3.63, 3.8) is 0 Å². The quantitative estimate of drug-likeness (QED) is 0.146. The van der Waals surface area contributed by atoms with E-state index in [1.165, 1.54) is 11.1 Å². The van der Waals surface area contributed by atoms with E-state index in [4.69, 9.17) is 14.4 Å². The van der Waals surface area contributed by atoms with Crippen molar-refractivity contribution in [3.05, 3.63) is 237 Å². The van der Waals surface area contributed by atoms with Crippen molar-refractivity contribution in [1.29, 1.82) is 0 Å². The van der Waals surface area contributed by atoms with Crippen LogP contribution in [0.1, 0.15) is 0 Å². The fraction of sp³-hybridized carbons (Fsp3) is 0. The van der Waals surface area contributed by atoms with Crippen molar-refractivity contribution in [2.45, 2.75) is 0 Å². The molecular formula is C58H39N3O. The average Bonchev–Trinajstić information content (AvgIpc) is 3.74. The molecule has 0 amide bonds. The standard InChI is InChI=1S/C58H39N3O/c1-6-18-40(19-7-1)42-30-34-48(35-31-42)61(49-36-32-43(33-37-49)41-20-8-2-9-21-41)51-38-47(39-53-55(51)50-28-16-17-29-52(50)62-53)54-56(44-22-10-3-11-23-44)59-58(46-26-14-5-15-27-46)60-57(54)45-24-12-4-13-25-45/h1-39H. The van der Waals surface area contributed by atoms with Gasteiger partial charge in [0.2, 0.25) is 0 Å². The lowest BCUT2D eigenvalue weighted by Gasteiger charge is -2.28. The van der Waals surface area contributed by atoms with E-state index in [0.29, 0.717) is 5.82 Å². The maximum atomic E-state index is 6.85. The Morgan fingerprint density at radius 1 is 0.323 bits per heavy atom. The molecule has 0 unspecified atom stereocenters. The molecule has 0 radical (unpaired) electrons. The Hall–Kier alpha value is -8.34. The lowest BCUT2D eigenvalue weighted by Crippen LogP contribution is -2.11. The number of aromatic nitrogens is 2. The maximum absolute atomic E-state index is 6.85. The van der Waals surface area contributed by atoms with E-state index in [9.17, 15) is 0 Å². The molecule has 0 saturated heterocycles. The molecule has 62 heavy (non-hydrogen) atoms. The van der Waals surface area contributed by atoms with Gasteiger partial charge < -0.3 is 9.32 Å². The molecule has 11 aromatic rings. The summed E-state index contributed by atoms with van der Waals surface area (Å²) in [7, 11) is 0. The van der Waals surface area contributed by atoms with E-state index < -0.39 is 0 Å². The average molecular weight is 794 g/mol. The predicted molar refractivity (Wildman–Crippen MR) is 257 cm³/mol. The van der Waals surface area contributed by atoms with E-state index in [-0.39, 0.29) is 0 Å². The summed E-state index contributed by atoms with van der Waals surface area (Å²) in [4.78, 5) is 13.2. The number of furan rings is 1. The van der Waals surface area contributed by atoms with Crippen molar-refractivity contribution in [2.75, 3.05) is 4.90 Å². The van der Waals surface area contributed by atoms with Crippen LogP contribution in [0.15, 0.2) is 241 Å². The van der Waals surface area contributed by atoms with Crippen LogP contribution >= 0.6 is 0 Å². The van der Waals surface area contributed by atoms with E-state index in [0.717, 1.165) is 89.3 Å². The molecule has 4 nitrogen and oxygen atoms in total. The molecule has 292 valence electrons. The highest BCUT2D eigenvalue weighted by atomic mass is 16.3. The molecule has 0 N–H and O–H groups in total. The Bertz CT molecular complexity index is 3150. The fourth-order valence-electron chi connectivity index (χ4n) is 8.51.